The molecule has 0 unspecified atom stereocenters. The van der Waals surface area contributed by atoms with Crippen LogP contribution in [0.1, 0.15) is 12.0 Å². The number of nitrogen functional groups attached to an aromatic ring is 1. The number of hydrogen-bond acceptors (Lipinski definition) is 3. The molecule has 0 aliphatic heterocycles. The number of nitrogens with two attached hydrogens (primary N) is 1. The molecule has 0 saturated heterocycles. The molecule has 3 nitrogen and oxygen atoms in total. The third-order valence-corrected chi connectivity index (χ3v) is 1.58. The molecule has 0 bridgehead atoms. The summed E-state index contributed by atoms with van der Waals surface area (Å²) in [6.45, 7) is 0. The first kappa shape index (κ1) is 10.1. The van der Waals surface area contributed by atoms with E-state index in [1.807, 2.05) is 12.1 Å². The van der Waals surface area contributed by atoms with Crippen LogP contribution in [0.4, 0.5) is 5.69 Å². The first-order chi connectivity index (χ1) is 6.72. The van der Waals surface area contributed by atoms with Crippen molar-refractivity contribution in [3.63, 3.8) is 0 Å². The van der Waals surface area contributed by atoms with Crippen LogP contribution < -0.4 is 5.73 Å². The first-order valence-electron chi connectivity index (χ1n) is 4.13. The highest BCUT2D eigenvalue weighted by molar-refractivity contribution is 5.72. The maximum atomic E-state index is 10.7. The van der Waals surface area contributed by atoms with E-state index in [2.05, 4.69) is 16.6 Å². The number of anilines is 1. The lowest BCUT2D eigenvalue weighted by atomic mass is 10.2. The fourth-order valence-corrected chi connectivity index (χ4v) is 0.907. The topological polar surface area (TPSA) is 52.3 Å². The molecule has 0 heterocycles. The molecule has 0 spiro atoms. The van der Waals surface area contributed by atoms with E-state index in [0.717, 1.165) is 5.56 Å². The summed E-state index contributed by atoms with van der Waals surface area (Å²) in [7, 11) is 1.34. The van der Waals surface area contributed by atoms with Crippen molar-refractivity contribution in [2.45, 2.75) is 6.42 Å². The fourth-order valence-electron chi connectivity index (χ4n) is 0.907. The lowest BCUT2D eigenvalue weighted by Gasteiger charge is -1.92. The Morgan fingerprint density at radius 3 is 3.00 bits per heavy atom. The number of hydrogen-bond donors (Lipinski definition) is 1. The van der Waals surface area contributed by atoms with E-state index in [1.165, 1.54) is 7.11 Å². The summed E-state index contributed by atoms with van der Waals surface area (Å²) >= 11 is 0. The van der Waals surface area contributed by atoms with Crippen LogP contribution in [0.2, 0.25) is 0 Å². The van der Waals surface area contributed by atoms with Gasteiger partial charge in [-0.1, -0.05) is 17.9 Å². The van der Waals surface area contributed by atoms with Gasteiger partial charge in [0.2, 0.25) is 0 Å². The molecule has 1 aromatic carbocycles. The Kier molecular flexibility index (Phi) is 3.57. The van der Waals surface area contributed by atoms with E-state index < -0.39 is 0 Å². The molecule has 1 aromatic rings. The van der Waals surface area contributed by atoms with E-state index in [9.17, 15) is 4.79 Å². The Hall–Kier alpha value is -1.95. The van der Waals surface area contributed by atoms with Gasteiger partial charge in [-0.3, -0.25) is 4.79 Å². The normalized spacial score (nSPS) is 8.64. The zero-order valence-electron chi connectivity index (χ0n) is 7.91. The average molecular weight is 189 g/mol. The van der Waals surface area contributed by atoms with Crippen molar-refractivity contribution in [2.24, 2.45) is 0 Å². The molecule has 0 fully saturated rings. The summed E-state index contributed by atoms with van der Waals surface area (Å²) in [6.07, 6.45) is 0.102. The van der Waals surface area contributed by atoms with Gasteiger partial charge in [-0.2, -0.15) is 0 Å². The van der Waals surface area contributed by atoms with Crippen LogP contribution in [0, 0.1) is 11.8 Å². The molecular weight excluding hydrogens is 178 g/mol. The lowest BCUT2D eigenvalue weighted by Crippen LogP contribution is -1.97. The van der Waals surface area contributed by atoms with Crippen molar-refractivity contribution >= 4 is 11.7 Å². The molecule has 0 saturated carbocycles. The quantitative estimate of drug-likeness (QED) is 0.410. The van der Waals surface area contributed by atoms with Gasteiger partial charge in [0.15, 0.2) is 0 Å². The molecule has 0 aromatic heterocycles. The average Bonchev–Trinajstić information content (AvgIpc) is 2.17. The second-order valence-corrected chi connectivity index (χ2v) is 2.68. The predicted octanol–water partition coefficient (Wildman–Crippen LogP) is 1.18. The van der Waals surface area contributed by atoms with Crippen molar-refractivity contribution in [3.05, 3.63) is 29.8 Å². The number of ether oxygens (including phenoxy) is 1. The minimum atomic E-state index is -0.332. The van der Waals surface area contributed by atoms with E-state index >= 15 is 0 Å². The van der Waals surface area contributed by atoms with Crippen LogP contribution >= 0.6 is 0 Å². The number of rotatable bonds is 1. The van der Waals surface area contributed by atoms with E-state index in [1.54, 1.807) is 12.1 Å². The number of benzene rings is 1. The third kappa shape index (κ3) is 3.20. The van der Waals surface area contributed by atoms with Gasteiger partial charge in [-0.05, 0) is 18.2 Å². The van der Waals surface area contributed by atoms with Crippen LogP contribution in [0.5, 0.6) is 0 Å². The van der Waals surface area contributed by atoms with Crippen LogP contribution in [-0.2, 0) is 9.53 Å². The zero-order chi connectivity index (χ0) is 10.4. The van der Waals surface area contributed by atoms with Gasteiger partial charge in [0.1, 0.15) is 6.42 Å². The van der Waals surface area contributed by atoms with Gasteiger partial charge in [0, 0.05) is 11.3 Å². The van der Waals surface area contributed by atoms with Gasteiger partial charge in [0.05, 0.1) is 7.11 Å². The van der Waals surface area contributed by atoms with Crippen molar-refractivity contribution in [3.8, 4) is 11.8 Å². The SMILES string of the molecule is COC(=O)CC#Cc1cccc(N)c1. The van der Waals surface area contributed by atoms with Gasteiger partial charge in [0.25, 0.3) is 0 Å². The second kappa shape index (κ2) is 4.93. The Morgan fingerprint density at radius 1 is 1.57 bits per heavy atom. The number of esters is 1. The molecule has 72 valence electrons. The molecule has 1 rings (SSSR count). The standard InChI is InChI=1S/C11H11NO2/c1-14-11(13)7-3-5-9-4-2-6-10(12)8-9/h2,4,6,8H,7,12H2,1H3. The van der Waals surface area contributed by atoms with Gasteiger partial charge in [-0.25, -0.2) is 0 Å². The monoisotopic (exact) mass is 189 g/mol. The summed E-state index contributed by atoms with van der Waals surface area (Å²) in [5, 5.41) is 0. The highest BCUT2D eigenvalue weighted by Gasteiger charge is 1.93. The van der Waals surface area contributed by atoms with E-state index in [0.29, 0.717) is 5.69 Å². The van der Waals surface area contributed by atoms with Crippen molar-refractivity contribution in [1.82, 2.24) is 0 Å². The van der Waals surface area contributed by atoms with Gasteiger partial charge >= 0.3 is 5.97 Å². The summed E-state index contributed by atoms with van der Waals surface area (Å²) in [5.74, 6) is 5.19. The highest BCUT2D eigenvalue weighted by Crippen LogP contribution is 2.04. The number of carbonyl (C=O) groups is 1. The molecule has 0 aliphatic rings. The molecule has 0 radical (unpaired) electrons. The Labute approximate surface area is 82.9 Å². The summed E-state index contributed by atoms with van der Waals surface area (Å²) in [5.41, 5.74) is 7.02. The smallest absolute Gasteiger partial charge is 0.317 e. The summed E-state index contributed by atoms with van der Waals surface area (Å²) < 4.78 is 4.45. The fraction of sp³-hybridized carbons (Fsp3) is 0.182. The van der Waals surface area contributed by atoms with E-state index in [4.69, 9.17) is 5.73 Å². The van der Waals surface area contributed by atoms with Crippen molar-refractivity contribution < 1.29 is 9.53 Å². The molecule has 3 heteroatoms. The second-order valence-electron chi connectivity index (χ2n) is 2.68. The summed E-state index contributed by atoms with van der Waals surface area (Å²) in [6, 6.07) is 7.19. The third-order valence-electron chi connectivity index (χ3n) is 1.58. The minimum absolute atomic E-state index is 0.102. The maximum Gasteiger partial charge on any atom is 0.317 e. The summed E-state index contributed by atoms with van der Waals surface area (Å²) in [4.78, 5) is 10.7. The van der Waals surface area contributed by atoms with Gasteiger partial charge in [-0.15, -0.1) is 0 Å². The van der Waals surface area contributed by atoms with Crippen molar-refractivity contribution in [1.29, 1.82) is 0 Å². The van der Waals surface area contributed by atoms with E-state index in [-0.39, 0.29) is 12.4 Å². The number of carbonyl (C=O) groups excluding carboxylic acids is 1. The molecule has 0 amide bonds. The van der Waals surface area contributed by atoms with Crippen LogP contribution in [0.25, 0.3) is 0 Å². The molecule has 0 aliphatic carbocycles. The van der Waals surface area contributed by atoms with Crippen LogP contribution in [0.15, 0.2) is 24.3 Å². The van der Waals surface area contributed by atoms with Crippen LogP contribution in [0.3, 0.4) is 0 Å². The zero-order valence-corrected chi connectivity index (χ0v) is 7.91. The first-order valence-corrected chi connectivity index (χ1v) is 4.13. The Bertz CT molecular complexity index is 388. The minimum Gasteiger partial charge on any atom is -0.468 e. The van der Waals surface area contributed by atoms with Crippen LogP contribution in [-0.4, -0.2) is 13.1 Å². The van der Waals surface area contributed by atoms with Crippen molar-refractivity contribution in [2.75, 3.05) is 12.8 Å². The molecule has 2 N–H and O–H groups in total. The molecular formula is C11H11NO2. The Balaban J connectivity index is 2.64. The number of methoxy groups -OCH3 is 1. The van der Waals surface area contributed by atoms with Gasteiger partial charge < -0.3 is 10.5 Å². The Morgan fingerprint density at radius 2 is 2.36 bits per heavy atom. The maximum absolute atomic E-state index is 10.7. The molecule has 14 heavy (non-hydrogen) atoms. The largest absolute Gasteiger partial charge is 0.468 e. The molecule has 0 atom stereocenters. The highest BCUT2D eigenvalue weighted by atomic mass is 16.5. The lowest BCUT2D eigenvalue weighted by molar-refractivity contribution is -0.139. The predicted molar refractivity (Wildman–Crippen MR) is 54.4 cm³/mol.